The van der Waals surface area contributed by atoms with Crippen LogP contribution in [0.3, 0.4) is 0 Å². The molecule has 0 amide bonds. The molecule has 1 aromatic carbocycles. The van der Waals surface area contributed by atoms with Crippen LogP contribution in [0.5, 0.6) is 11.5 Å². The highest BCUT2D eigenvalue weighted by atomic mass is 16.5. The Morgan fingerprint density at radius 3 is 2.22 bits per heavy atom. The topological polar surface area (TPSA) is 39.7 Å². The van der Waals surface area contributed by atoms with Gasteiger partial charge in [0, 0.05) is 24.9 Å². The number of nitrogens with one attached hydrogen (secondary N) is 1. The van der Waals surface area contributed by atoms with Crippen molar-refractivity contribution < 1.29 is 14.2 Å². The second kappa shape index (κ2) is 7.11. The van der Waals surface area contributed by atoms with Crippen LogP contribution in [0.2, 0.25) is 0 Å². The van der Waals surface area contributed by atoms with Gasteiger partial charge in [0.25, 0.3) is 0 Å². The first-order chi connectivity index (χ1) is 8.65. The van der Waals surface area contributed by atoms with E-state index in [1.807, 2.05) is 19.1 Å². The summed E-state index contributed by atoms with van der Waals surface area (Å²) < 4.78 is 15.8. The van der Waals surface area contributed by atoms with Gasteiger partial charge in [-0.05, 0) is 25.0 Å². The molecular weight excluding hydrogens is 230 g/mol. The van der Waals surface area contributed by atoms with Crippen molar-refractivity contribution in [2.24, 2.45) is 0 Å². The molecule has 1 rings (SSSR count). The van der Waals surface area contributed by atoms with Gasteiger partial charge in [-0.15, -0.1) is 0 Å². The van der Waals surface area contributed by atoms with Crippen LogP contribution in [0.4, 0.5) is 5.69 Å². The summed E-state index contributed by atoms with van der Waals surface area (Å²) >= 11 is 0. The number of benzene rings is 1. The lowest BCUT2D eigenvalue weighted by molar-refractivity contribution is 0.184. The van der Waals surface area contributed by atoms with Crippen molar-refractivity contribution in [1.29, 1.82) is 0 Å². The number of aryl methyl sites for hydroxylation is 1. The number of hydrogen-bond donors (Lipinski definition) is 1. The minimum Gasteiger partial charge on any atom is -0.493 e. The molecule has 0 saturated carbocycles. The Balaban J connectivity index is 2.94. The van der Waals surface area contributed by atoms with Crippen LogP contribution >= 0.6 is 0 Å². The van der Waals surface area contributed by atoms with Crippen LogP contribution in [0, 0.1) is 6.92 Å². The van der Waals surface area contributed by atoms with E-state index in [-0.39, 0.29) is 0 Å². The average Bonchev–Trinajstić information content (AvgIpc) is 2.39. The number of ether oxygens (including phenoxy) is 3. The largest absolute Gasteiger partial charge is 0.493 e. The van der Waals surface area contributed by atoms with Gasteiger partial charge in [0.05, 0.1) is 20.8 Å². The summed E-state index contributed by atoms with van der Waals surface area (Å²) in [5.74, 6) is 1.48. The third-order valence-electron chi connectivity index (χ3n) is 2.95. The second-order valence-electron chi connectivity index (χ2n) is 4.23. The molecule has 0 fully saturated rings. The van der Waals surface area contributed by atoms with Crippen molar-refractivity contribution in [2.75, 3.05) is 33.3 Å². The fourth-order valence-corrected chi connectivity index (χ4v) is 1.82. The van der Waals surface area contributed by atoms with E-state index in [2.05, 4.69) is 12.2 Å². The zero-order chi connectivity index (χ0) is 13.5. The fraction of sp³-hybridized carbons (Fsp3) is 0.571. The molecule has 0 bridgehead atoms. The summed E-state index contributed by atoms with van der Waals surface area (Å²) in [6.07, 6.45) is 1.00. The predicted octanol–water partition coefficient (Wildman–Crippen LogP) is 2.85. The Labute approximate surface area is 109 Å². The predicted molar refractivity (Wildman–Crippen MR) is 73.9 cm³/mol. The Morgan fingerprint density at radius 2 is 1.72 bits per heavy atom. The Bertz CT molecular complexity index is 380. The van der Waals surface area contributed by atoms with Gasteiger partial charge in [0.1, 0.15) is 0 Å². The summed E-state index contributed by atoms with van der Waals surface area (Å²) in [5.41, 5.74) is 2.18. The first-order valence-electron chi connectivity index (χ1n) is 6.14. The van der Waals surface area contributed by atoms with Gasteiger partial charge in [-0.3, -0.25) is 0 Å². The van der Waals surface area contributed by atoms with E-state index >= 15 is 0 Å². The van der Waals surface area contributed by atoms with Gasteiger partial charge in [0.2, 0.25) is 0 Å². The fourth-order valence-electron chi connectivity index (χ4n) is 1.82. The van der Waals surface area contributed by atoms with Crippen LogP contribution in [-0.2, 0) is 4.74 Å². The van der Waals surface area contributed by atoms with E-state index < -0.39 is 0 Å². The first-order valence-corrected chi connectivity index (χ1v) is 6.14. The molecule has 1 N–H and O–H groups in total. The van der Waals surface area contributed by atoms with Crippen molar-refractivity contribution in [3.8, 4) is 11.5 Å². The van der Waals surface area contributed by atoms with E-state index in [1.165, 1.54) is 0 Å². The molecule has 0 aromatic heterocycles. The first kappa shape index (κ1) is 14.6. The van der Waals surface area contributed by atoms with Crippen LogP contribution in [0.15, 0.2) is 12.1 Å². The molecule has 4 heteroatoms. The summed E-state index contributed by atoms with van der Waals surface area (Å²) in [6, 6.07) is 4.24. The monoisotopic (exact) mass is 253 g/mol. The number of methoxy groups -OCH3 is 3. The van der Waals surface area contributed by atoms with Gasteiger partial charge >= 0.3 is 0 Å². The molecule has 0 saturated heterocycles. The molecule has 4 nitrogen and oxygen atoms in total. The molecule has 0 spiro atoms. The SMILES string of the molecule is CCC(COC)Nc1cc(OC)c(OC)cc1C. The van der Waals surface area contributed by atoms with Crippen molar-refractivity contribution in [1.82, 2.24) is 0 Å². The van der Waals surface area contributed by atoms with Crippen LogP contribution in [0.1, 0.15) is 18.9 Å². The molecular formula is C14H23NO3. The minimum atomic E-state index is 0.298. The number of rotatable bonds is 7. The third-order valence-corrected chi connectivity index (χ3v) is 2.95. The summed E-state index contributed by atoms with van der Waals surface area (Å²) in [6.45, 7) is 4.86. The van der Waals surface area contributed by atoms with Gasteiger partial charge in [0.15, 0.2) is 11.5 Å². The van der Waals surface area contributed by atoms with Gasteiger partial charge < -0.3 is 19.5 Å². The smallest absolute Gasteiger partial charge is 0.162 e. The van der Waals surface area contributed by atoms with Crippen LogP contribution < -0.4 is 14.8 Å². The Kier molecular flexibility index (Phi) is 5.78. The summed E-state index contributed by atoms with van der Waals surface area (Å²) in [5, 5.41) is 3.46. The molecule has 0 aliphatic heterocycles. The Morgan fingerprint density at radius 1 is 1.11 bits per heavy atom. The second-order valence-corrected chi connectivity index (χ2v) is 4.23. The standard InChI is InChI=1S/C14H23NO3/c1-6-11(9-16-3)15-12-8-14(18-5)13(17-4)7-10(12)2/h7-8,11,15H,6,9H2,1-5H3. The zero-order valence-corrected chi connectivity index (χ0v) is 11.9. The average molecular weight is 253 g/mol. The highest BCUT2D eigenvalue weighted by molar-refractivity contribution is 5.60. The van der Waals surface area contributed by atoms with Gasteiger partial charge in [-0.25, -0.2) is 0 Å². The zero-order valence-electron chi connectivity index (χ0n) is 11.9. The normalized spacial score (nSPS) is 12.1. The molecule has 0 heterocycles. The highest BCUT2D eigenvalue weighted by Crippen LogP contribution is 2.33. The number of hydrogen-bond acceptors (Lipinski definition) is 4. The lowest BCUT2D eigenvalue weighted by Gasteiger charge is -2.20. The van der Waals surface area contributed by atoms with E-state index in [0.29, 0.717) is 12.6 Å². The van der Waals surface area contributed by atoms with Gasteiger partial charge in [-0.2, -0.15) is 0 Å². The van der Waals surface area contributed by atoms with E-state index in [9.17, 15) is 0 Å². The molecule has 0 aliphatic rings. The van der Waals surface area contributed by atoms with Crippen LogP contribution in [-0.4, -0.2) is 34.0 Å². The minimum absolute atomic E-state index is 0.298. The lowest BCUT2D eigenvalue weighted by atomic mass is 10.1. The Hall–Kier alpha value is -1.42. The molecule has 102 valence electrons. The van der Waals surface area contributed by atoms with Crippen molar-refractivity contribution in [3.63, 3.8) is 0 Å². The maximum atomic E-state index is 5.31. The maximum Gasteiger partial charge on any atom is 0.162 e. The summed E-state index contributed by atoms with van der Waals surface area (Å²) in [4.78, 5) is 0. The quantitative estimate of drug-likeness (QED) is 0.811. The molecule has 1 aromatic rings. The van der Waals surface area contributed by atoms with E-state index in [0.717, 1.165) is 29.2 Å². The molecule has 0 aliphatic carbocycles. The van der Waals surface area contributed by atoms with Crippen LogP contribution in [0.25, 0.3) is 0 Å². The third kappa shape index (κ3) is 3.53. The molecule has 1 atom stereocenters. The van der Waals surface area contributed by atoms with Gasteiger partial charge in [-0.1, -0.05) is 6.92 Å². The number of anilines is 1. The van der Waals surface area contributed by atoms with Crippen molar-refractivity contribution >= 4 is 5.69 Å². The maximum absolute atomic E-state index is 5.31. The molecule has 18 heavy (non-hydrogen) atoms. The lowest BCUT2D eigenvalue weighted by Crippen LogP contribution is -2.24. The molecule has 0 radical (unpaired) electrons. The summed E-state index contributed by atoms with van der Waals surface area (Å²) in [7, 11) is 5.00. The van der Waals surface area contributed by atoms with Crippen molar-refractivity contribution in [2.45, 2.75) is 26.3 Å². The van der Waals surface area contributed by atoms with Crippen molar-refractivity contribution in [3.05, 3.63) is 17.7 Å². The van der Waals surface area contributed by atoms with E-state index in [1.54, 1.807) is 21.3 Å². The highest BCUT2D eigenvalue weighted by Gasteiger charge is 2.11. The molecule has 1 unspecified atom stereocenters. The van der Waals surface area contributed by atoms with E-state index in [4.69, 9.17) is 14.2 Å².